The maximum Gasteiger partial charge on any atom is 0.187 e. The van der Waals surface area contributed by atoms with Gasteiger partial charge in [-0.15, -0.1) is 5.10 Å². The van der Waals surface area contributed by atoms with Crippen molar-refractivity contribution < 1.29 is 4.39 Å². The summed E-state index contributed by atoms with van der Waals surface area (Å²) in [6.07, 6.45) is 0. The van der Waals surface area contributed by atoms with E-state index >= 15 is 0 Å². The predicted octanol–water partition coefficient (Wildman–Crippen LogP) is 3.12. The Labute approximate surface area is 128 Å². The number of anilines is 1. The molecule has 0 aliphatic heterocycles. The largest absolute Gasteiger partial charge is 0.398 e. The molecule has 0 spiro atoms. The topological polar surface area (TPSA) is 69.6 Å². The highest BCUT2D eigenvalue weighted by atomic mass is 79.9. The zero-order chi connectivity index (χ0) is 15.0. The molecule has 0 aliphatic carbocycles. The quantitative estimate of drug-likeness (QED) is 0.723. The highest BCUT2D eigenvalue weighted by Crippen LogP contribution is 2.27. The van der Waals surface area contributed by atoms with Crippen LogP contribution < -0.4 is 5.73 Å². The van der Waals surface area contributed by atoms with E-state index in [0.29, 0.717) is 21.7 Å². The molecule has 0 atom stereocenters. The van der Waals surface area contributed by atoms with Gasteiger partial charge in [-0.05, 0) is 57.0 Å². The van der Waals surface area contributed by atoms with Gasteiger partial charge in [0.15, 0.2) is 5.82 Å². The fourth-order valence-electron chi connectivity index (χ4n) is 2.04. The van der Waals surface area contributed by atoms with E-state index in [1.54, 1.807) is 12.1 Å². The second kappa shape index (κ2) is 5.25. The second-order valence-corrected chi connectivity index (χ2v) is 5.39. The molecule has 5 nitrogen and oxygen atoms in total. The molecule has 3 rings (SSSR count). The summed E-state index contributed by atoms with van der Waals surface area (Å²) in [5.41, 5.74) is 8.80. The first-order chi connectivity index (χ1) is 10.1. The number of halogens is 2. The number of rotatable bonds is 2. The molecule has 2 N–H and O–H groups in total. The van der Waals surface area contributed by atoms with Crippen molar-refractivity contribution in [2.45, 2.75) is 6.92 Å². The average Bonchev–Trinajstić information content (AvgIpc) is 2.94. The fraction of sp³-hybridized carbons (Fsp3) is 0.0714. The van der Waals surface area contributed by atoms with E-state index in [9.17, 15) is 4.39 Å². The number of aromatic nitrogens is 4. The van der Waals surface area contributed by atoms with Crippen molar-refractivity contribution in [1.29, 1.82) is 0 Å². The van der Waals surface area contributed by atoms with Crippen molar-refractivity contribution in [3.05, 3.63) is 52.3 Å². The van der Waals surface area contributed by atoms with Crippen LogP contribution in [0.5, 0.6) is 0 Å². The minimum atomic E-state index is -0.377. The van der Waals surface area contributed by atoms with Gasteiger partial charge in [0, 0.05) is 17.3 Å². The van der Waals surface area contributed by atoms with Crippen molar-refractivity contribution in [3.63, 3.8) is 0 Å². The van der Waals surface area contributed by atoms with E-state index in [0.717, 1.165) is 11.1 Å². The van der Waals surface area contributed by atoms with Crippen molar-refractivity contribution in [3.8, 4) is 17.1 Å². The van der Waals surface area contributed by atoms with Crippen molar-refractivity contribution in [2.75, 3.05) is 5.73 Å². The van der Waals surface area contributed by atoms with E-state index in [4.69, 9.17) is 5.73 Å². The Morgan fingerprint density at radius 2 is 2.05 bits per heavy atom. The highest BCUT2D eigenvalue weighted by Gasteiger charge is 2.15. The third-order valence-corrected chi connectivity index (χ3v) is 3.88. The maximum atomic E-state index is 13.7. The Morgan fingerprint density at radius 3 is 2.81 bits per heavy atom. The minimum Gasteiger partial charge on any atom is -0.398 e. The Balaban J connectivity index is 2.17. The molecule has 1 aromatic heterocycles. The summed E-state index contributed by atoms with van der Waals surface area (Å²) in [5.74, 6) is 0.139. The van der Waals surface area contributed by atoms with Gasteiger partial charge >= 0.3 is 0 Å². The lowest BCUT2D eigenvalue weighted by Crippen LogP contribution is -2.02. The Bertz CT molecular complexity index is 815. The van der Waals surface area contributed by atoms with Crippen LogP contribution in [0.3, 0.4) is 0 Å². The lowest BCUT2D eigenvalue weighted by Gasteiger charge is -2.09. The summed E-state index contributed by atoms with van der Waals surface area (Å²) >= 11 is 3.12. The van der Waals surface area contributed by atoms with E-state index in [1.165, 1.54) is 10.7 Å². The molecule has 1 heterocycles. The predicted molar refractivity (Wildman–Crippen MR) is 81.4 cm³/mol. The molecular formula is C14H11BrFN5. The van der Waals surface area contributed by atoms with Gasteiger partial charge in [0.05, 0.1) is 10.2 Å². The van der Waals surface area contributed by atoms with Gasteiger partial charge in [0.2, 0.25) is 0 Å². The normalized spacial score (nSPS) is 10.8. The molecule has 21 heavy (non-hydrogen) atoms. The number of nitrogens with two attached hydrogens (primary N) is 1. The van der Waals surface area contributed by atoms with Gasteiger partial charge in [-0.2, -0.15) is 4.68 Å². The molecule has 3 aromatic rings. The molecule has 0 aliphatic rings. The molecule has 0 radical (unpaired) electrons. The molecule has 7 heteroatoms. The smallest absolute Gasteiger partial charge is 0.187 e. The van der Waals surface area contributed by atoms with Crippen LogP contribution in [0.2, 0.25) is 0 Å². The Hall–Kier alpha value is -2.28. The van der Waals surface area contributed by atoms with Gasteiger partial charge in [-0.25, -0.2) is 4.39 Å². The van der Waals surface area contributed by atoms with Crippen molar-refractivity contribution >= 4 is 21.6 Å². The summed E-state index contributed by atoms with van der Waals surface area (Å²) in [6, 6.07) is 10.2. The molecule has 0 unspecified atom stereocenters. The number of nitrogens with zero attached hydrogens (tertiary/aromatic N) is 4. The Kier molecular flexibility index (Phi) is 3.42. The van der Waals surface area contributed by atoms with Gasteiger partial charge < -0.3 is 5.73 Å². The van der Waals surface area contributed by atoms with Gasteiger partial charge in [-0.3, -0.25) is 0 Å². The van der Waals surface area contributed by atoms with Gasteiger partial charge in [-0.1, -0.05) is 12.1 Å². The molecule has 0 saturated heterocycles. The summed E-state index contributed by atoms with van der Waals surface area (Å²) < 4.78 is 15.6. The van der Waals surface area contributed by atoms with Crippen molar-refractivity contribution in [2.24, 2.45) is 0 Å². The monoisotopic (exact) mass is 347 g/mol. The van der Waals surface area contributed by atoms with Gasteiger partial charge in [0.25, 0.3) is 0 Å². The fourth-order valence-corrected chi connectivity index (χ4v) is 2.29. The number of benzene rings is 2. The summed E-state index contributed by atoms with van der Waals surface area (Å²) in [5, 5.41) is 11.7. The van der Waals surface area contributed by atoms with Crippen LogP contribution >= 0.6 is 15.9 Å². The van der Waals surface area contributed by atoms with Gasteiger partial charge in [0.1, 0.15) is 5.82 Å². The van der Waals surface area contributed by atoms with E-state index in [-0.39, 0.29) is 5.82 Å². The van der Waals surface area contributed by atoms with E-state index in [2.05, 4.69) is 31.5 Å². The third-order valence-electron chi connectivity index (χ3n) is 3.23. The van der Waals surface area contributed by atoms with Crippen LogP contribution in [0, 0.1) is 12.7 Å². The van der Waals surface area contributed by atoms with Crippen LogP contribution in [-0.4, -0.2) is 20.2 Å². The van der Waals surface area contributed by atoms with Crippen LogP contribution in [-0.2, 0) is 0 Å². The maximum absolute atomic E-state index is 13.7. The lowest BCUT2D eigenvalue weighted by atomic mass is 10.1. The highest BCUT2D eigenvalue weighted by molar-refractivity contribution is 9.10. The lowest BCUT2D eigenvalue weighted by molar-refractivity contribution is 0.618. The third kappa shape index (κ3) is 2.40. The molecule has 0 bridgehead atoms. The molecule has 2 aromatic carbocycles. The number of hydrogen-bond donors (Lipinski definition) is 1. The zero-order valence-corrected chi connectivity index (χ0v) is 12.7. The number of nitrogen functional groups attached to an aromatic ring is 1. The SMILES string of the molecule is Cc1c(N)cccc1-c1nnnn1-c1ccc(Br)c(F)c1. The first kappa shape index (κ1) is 13.7. The van der Waals surface area contributed by atoms with E-state index < -0.39 is 0 Å². The first-order valence-corrected chi connectivity index (χ1v) is 6.96. The van der Waals surface area contributed by atoms with Crippen LogP contribution in [0.4, 0.5) is 10.1 Å². The first-order valence-electron chi connectivity index (χ1n) is 6.17. The molecule has 0 amide bonds. The number of tetrazole rings is 1. The second-order valence-electron chi connectivity index (χ2n) is 4.53. The van der Waals surface area contributed by atoms with Crippen LogP contribution in [0.25, 0.3) is 17.1 Å². The summed E-state index contributed by atoms with van der Waals surface area (Å²) in [7, 11) is 0. The Morgan fingerprint density at radius 1 is 1.24 bits per heavy atom. The minimum absolute atomic E-state index is 0.377. The van der Waals surface area contributed by atoms with Crippen LogP contribution in [0.15, 0.2) is 40.9 Å². The molecule has 106 valence electrons. The summed E-state index contributed by atoms with van der Waals surface area (Å²) in [4.78, 5) is 0. The van der Waals surface area contributed by atoms with E-state index in [1.807, 2.05) is 25.1 Å². The molecule has 0 fully saturated rings. The van der Waals surface area contributed by atoms with Crippen molar-refractivity contribution in [1.82, 2.24) is 20.2 Å². The molecule has 0 saturated carbocycles. The van der Waals surface area contributed by atoms with Crippen LogP contribution in [0.1, 0.15) is 5.56 Å². The molecular weight excluding hydrogens is 337 g/mol. The average molecular weight is 348 g/mol. The zero-order valence-electron chi connectivity index (χ0n) is 11.1. The standard InChI is InChI=1S/C14H11BrFN5/c1-8-10(3-2-4-13(8)17)14-18-19-20-21(14)9-5-6-11(15)12(16)7-9/h2-7H,17H2,1H3. The number of hydrogen-bond acceptors (Lipinski definition) is 4. The summed E-state index contributed by atoms with van der Waals surface area (Å²) in [6.45, 7) is 1.89.